The Hall–Kier alpha value is -3.01. The van der Waals surface area contributed by atoms with Gasteiger partial charge in [-0.25, -0.2) is 0 Å². The maximum atomic E-state index is 13.5. The average Bonchev–Trinajstić information content (AvgIpc) is 3.49. The minimum atomic E-state index is -0.378. The molecule has 2 aromatic carbocycles. The Morgan fingerprint density at radius 2 is 1.82 bits per heavy atom. The van der Waals surface area contributed by atoms with Crippen molar-refractivity contribution in [1.29, 1.82) is 0 Å². The number of hydrogen-bond donors (Lipinski definition) is 1. The molecule has 7 nitrogen and oxygen atoms in total. The summed E-state index contributed by atoms with van der Waals surface area (Å²) in [5, 5.41) is 2.80. The first-order chi connectivity index (χ1) is 16.0. The van der Waals surface area contributed by atoms with Gasteiger partial charge in [-0.1, -0.05) is 60.4 Å². The predicted octanol–water partition coefficient (Wildman–Crippen LogP) is 3.42. The molecule has 1 atom stereocenters. The highest BCUT2D eigenvalue weighted by Gasteiger charge is 2.43. The molecule has 0 radical (unpaired) electrons. The largest absolute Gasteiger partial charge is 0.376 e. The molecule has 33 heavy (non-hydrogen) atoms. The number of thiocarbonyl (C=S) groups is 1. The lowest BCUT2D eigenvalue weighted by molar-refractivity contribution is -0.123. The molecule has 9 heteroatoms. The Kier molecular flexibility index (Phi) is 6.01. The van der Waals surface area contributed by atoms with Crippen molar-refractivity contribution >= 4 is 63.0 Å². The first-order valence-electron chi connectivity index (χ1n) is 10.7. The third kappa shape index (κ3) is 4.19. The maximum absolute atomic E-state index is 13.5. The molecule has 0 aromatic heterocycles. The lowest BCUT2D eigenvalue weighted by Crippen LogP contribution is -2.36. The third-order valence-corrected chi connectivity index (χ3v) is 7.22. The number of fused-ring (bicyclic) bond motifs is 1. The molecule has 2 aromatic rings. The molecule has 0 spiro atoms. The van der Waals surface area contributed by atoms with Gasteiger partial charge in [0.15, 0.2) is 0 Å². The van der Waals surface area contributed by atoms with Crippen molar-refractivity contribution in [2.45, 2.75) is 18.9 Å². The summed E-state index contributed by atoms with van der Waals surface area (Å²) < 4.78 is 6.08. The molecule has 3 aliphatic rings. The number of carbonyl (C=O) groups excluding carboxylic acids is 3. The lowest BCUT2D eigenvalue weighted by atomic mass is 10.1. The first kappa shape index (κ1) is 21.8. The van der Waals surface area contributed by atoms with E-state index < -0.39 is 0 Å². The number of thioether (sulfide) groups is 1. The van der Waals surface area contributed by atoms with Crippen molar-refractivity contribution in [1.82, 2.24) is 4.90 Å². The minimum Gasteiger partial charge on any atom is -0.376 e. The van der Waals surface area contributed by atoms with Gasteiger partial charge in [0.1, 0.15) is 10.9 Å². The maximum Gasteiger partial charge on any atom is 0.267 e. The van der Waals surface area contributed by atoms with Crippen molar-refractivity contribution in [3.05, 3.63) is 65.1 Å². The zero-order valence-corrected chi connectivity index (χ0v) is 19.3. The van der Waals surface area contributed by atoms with Gasteiger partial charge in [-0.05, 0) is 31.0 Å². The number of nitrogens with one attached hydrogen (secondary N) is 1. The van der Waals surface area contributed by atoms with Gasteiger partial charge in [0, 0.05) is 17.9 Å². The van der Waals surface area contributed by atoms with Crippen LogP contribution in [0, 0.1) is 0 Å². The van der Waals surface area contributed by atoms with Crippen LogP contribution in [0.4, 0.5) is 11.4 Å². The standard InChI is InChI=1S/C24H21N3O4S2/c28-19(25-15-7-2-1-3-8-15)14-26-18-11-5-4-10-17(18)20(22(26)29)21-23(30)27(24(32)33-21)13-16-9-6-12-31-16/h1-5,7-8,10-11,16H,6,9,12-14H2,(H,25,28). The summed E-state index contributed by atoms with van der Waals surface area (Å²) in [6.07, 6.45) is 1.81. The van der Waals surface area contributed by atoms with Gasteiger partial charge in [-0.15, -0.1) is 0 Å². The summed E-state index contributed by atoms with van der Waals surface area (Å²) in [6.45, 7) is 0.914. The van der Waals surface area contributed by atoms with Crippen LogP contribution >= 0.6 is 24.0 Å². The van der Waals surface area contributed by atoms with E-state index in [0.29, 0.717) is 44.9 Å². The lowest BCUT2D eigenvalue weighted by Gasteiger charge is -2.18. The van der Waals surface area contributed by atoms with Crippen molar-refractivity contribution in [3.63, 3.8) is 0 Å². The number of nitrogens with zero attached hydrogens (tertiary/aromatic N) is 2. The van der Waals surface area contributed by atoms with Crippen molar-refractivity contribution in [3.8, 4) is 0 Å². The number of benzene rings is 2. The molecule has 3 aliphatic heterocycles. The highest BCUT2D eigenvalue weighted by atomic mass is 32.2. The van der Waals surface area contributed by atoms with Crippen molar-refractivity contribution < 1.29 is 19.1 Å². The molecule has 0 bridgehead atoms. The monoisotopic (exact) mass is 479 g/mol. The van der Waals surface area contributed by atoms with E-state index in [2.05, 4.69) is 5.32 Å². The van der Waals surface area contributed by atoms with E-state index in [4.69, 9.17) is 17.0 Å². The molecule has 0 saturated carbocycles. The summed E-state index contributed by atoms with van der Waals surface area (Å²) in [5.41, 5.74) is 2.18. The quantitative estimate of drug-likeness (QED) is 0.523. The van der Waals surface area contributed by atoms with E-state index in [-0.39, 0.29) is 30.4 Å². The molecule has 1 unspecified atom stereocenters. The van der Waals surface area contributed by atoms with E-state index in [9.17, 15) is 14.4 Å². The molecule has 2 fully saturated rings. The van der Waals surface area contributed by atoms with Crippen LogP contribution in [-0.2, 0) is 19.1 Å². The SMILES string of the molecule is O=C(CN1C(=O)C(=C2SC(=S)N(CC3CCCO3)C2=O)c2ccccc21)Nc1ccccc1. The van der Waals surface area contributed by atoms with Gasteiger partial charge in [0.2, 0.25) is 5.91 Å². The van der Waals surface area contributed by atoms with Gasteiger partial charge < -0.3 is 10.1 Å². The zero-order chi connectivity index (χ0) is 22.9. The van der Waals surface area contributed by atoms with E-state index in [1.807, 2.05) is 24.3 Å². The summed E-state index contributed by atoms with van der Waals surface area (Å²) in [6, 6.07) is 16.3. The predicted molar refractivity (Wildman–Crippen MR) is 132 cm³/mol. The fraction of sp³-hybridized carbons (Fsp3) is 0.250. The Morgan fingerprint density at radius 3 is 2.58 bits per heavy atom. The Balaban J connectivity index is 1.42. The molecule has 1 N–H and O–H groups in total. The zero-order valence-electron chi connectivity index (χ0n) is 17.7. The van der Waals surface area contributed by atoms with Crippen molar-refractivity contribution in [2.24, 2.45) is 0 Å². The number of anilines is 2. The fourth-order valence-corrected chi connectivity index (χ4v) is 5.57. The average molecular weight is 480 g/mol. The topological polar surface area (TPSA) is 79.0 Å². The number of rotatable bonds is 5. The Morgan fingerprint density at radius 1 is 1.06 bits per heavy atom. The fourth-order valence-electron chi connectivity index (χ4n) is 4.22. The van der Waals surface area contributed by atoms with Gasteiger partial charge in [-0.3, -0.25) is 24.2 Å². The number of amides is 3. The van der Waals surface area contributed by atoms with E-state index >= 15 is 0 Å². The normalized spacial score (nSPS) is 22.3. The van der Waals surface area contributed by atoms with Crippen LogP contribution in [0.5, 0.6) is 0 Å². The third-order valence-electron chi connectivity index (χ3n) is 5.77. The van der Waals surface area contributed by atoms with Gasteiger partial charge in [0.25, 0.3) is 11.8 Å². The van der Waals surface area contributed by atoms with Crippen LogP contribution in [-0.4, -0.2) is 52.7 Å². The van der Waals surface area contributed by atoms with E-state index in [0.717, 1.165) is 24.6 Å². The summed E-state index contributed by atoms with van der Waals surface area (Å²) in [5.74, 6) is -0.984. The first-order valence-corrected chi connectivity index (χ1v) is 11.9. The number of hydrogen-bond acceptors (Lipinski definition) is 6. The molecule has 2 saturated heterocycles. The second-order valence-corrected chi connectivity index (χ2v) is 9.59. The molecular weight excluding hydrogens is 458 g/mol. The summed E-state index contributed by atoms with van der Waals surface area (Å²) >= 11 is 6.60. The Labute approximate surface area is 200 Å². The molecule has 5 rings (SSSR count). The minimum absolute atomic E-state index is 0.0402. The molecule has 168 valence electrons. The van der Waals surface area contributed by atoms with Crippen LogP contribution < -0.4 is 10.2 Å². The van der Waals surface area contributed by atoms with Gasteiger partial charge in [-0.2, -0.15) is 0 Å². The van der Waals surface area contributed by atoms with Crippen LogP contribution in [0.15, 0.2) is 59.5 Å². The van der Waals surface area contributed by atoms with E-state index in [1.54, 1.807) is 30.3 Å². The van der Waals surface area contributed by atoms with Gasteiger partial charge >= 0.3 is 0 Å². The van der Waals surface area contributed by atoms with Crippen LogP contribution in [0.3, 0.4) is 0 Å². The molecule has 3 amide bonds. The second-order valence-electron chi connectivity index (χ2n) is 7.95. The smallest absolute Gasteiger partial charge is 0.267 e. The molecule has 3 heterocycles. The number of ether oxygens (including phenoxy) is 1. The summed E-state index contributed by atoms with van der Waals surface area (Å²) in [7, 11) is 0. The van der Waals surface area contributed by atoms with Crippen LogP contribution in [0.2, 0.25) is 0 Å². The van der Waals surface area contributed by atoms with Crippen LogP contribution in [0.25, 0.3) is 5.57 Å². The molecular formula is C24H21N3O4S2. The van der Waals surface area contributed by atoms with Gasteiger partial charge in [0.05, 0.1) is 28.8 Å². The highest BCUT2D eigenvalue weighted by Crippen LogP contribution is 2.44. The number of para-hydroxylation sites is 2. The Bertz CT molecular complexity index is 1180. The van der Waals surface area contributed by atoms with E-state index in [1.165, 1.54) is 9.80 Å². The van der Waals surface area contributed by atoms with Crippen molar-refractivity contribution in [2.75, 3.05) is 29.9 Å². The highest BCUT2D eigenvalue weighted by molar-refractivity contribution is 8.26. The van der Waals surface area contributed by atoms with Crippen LogP contribution in [0.1, 0.15) is 18.4 Å². The molecule has 0 aliphatic carbocycles. The summed E-state index contributed by atoms with van der Waals surface area (Å²) in [4.78, 5) is 42.7. The second kappa shape index (κ2) is 9.09. The number of carbonyl (C=O) groups is 3.